The molecule has 0 atom stereocenters. The molecule has 1 aromatic rings. The van der Waals surface area contributed by atoms with E-state index in [1.807, 2.05) is 0 Å². The molecule has 0 radical (unpaired) electrons. The van der Waals surface area contributed by atoms with Gasteiger partial charge in [-0.05, 0) is 31.3 Å². The molecule has 1 fully saturated rings. The minimum Gasteiger partial charge on any atom is -0.460 e. The maximum atomic E-state index is 11.3. The van der Waals surface area contributed by atoms with Crippen molar-refractivity contribution in [1.82, 2.24) is 10.1 Å². The van der Waals surface area contributed by atoms with Crippen molar-refractivity contribution >= 4 is 5.97 Å². The summed E-state index contributed by atoms with van der Waals surface area (Å²) < 4.78 is 9.72. The van der Waals surface area contributed by atoms with Gasteiger partial charge < -0.3 is 15.0 Å². The third kappa shape index (κ3) is 2.21. The number of rotatable bonds is 4. The number of aromatic nitrogens is 2. The summed E-state index contributed by atoms with van der Waals surface area (Å²) in [4.78, 5) is 15.2. The van der Waals surface area contributed by atoms with Gasteiger partial charge in [-0.2, -0.15) is 4.98 Å². The predicted molar refractivity (Wildman–Crippen MR) is 54.7 cm³/mol. The van der Waals surface area contributed by atoms with E-state index in [9.17, 15) is 4.79 Å². The average molecular weight is 225 g/mol. The molecule has 0 saturated heterocycles. The number of nitrogens with zero attached hydrogens (tertiary/aromatic N) is 2. The molecule has 1 aromatic heterocycles. The molecule has 88 valence electrons. The van der Waals surface area contributed by atoms with Gasteiger partial charge in [0.15, 0.2) is 0 Å². The van der Waals surface area contributed by atoms with Crippen LogP contribution in [0, 0.1) is 0 Å². The van der Waals surface area contributed by atoms with Crippen LogP contribution in [0.3, 0.4) is 0 Å². The normalized spacial score (nSPS) is 17.9. The first-order chi connectivity index (χ1) is 7.63. The Hall–Kier alpha value is -1.43. The van der Waals surface area contributed by atoms with Gasteiger partial charge in [0.1, 0.15) is 0 Å². The first kappa shape index (κ1) is 11.1. The van der Waals surface area contributed by atoms with Crippen molar-refractivity contribution in [3.05, 3.63) is 11.7 Å². The second-order valence-electron chi connectivity index (χ2n) is 4.12. The van der Waals surface area contributed by atoms with Crippen LogP contribution in [0.15, 0.2) is 4.52 Å². The summed E-state index contributed by atoms with van der Waals surface area (Å²) in [7, 11) is 0. The standard InChI is InChI=1S/C10H15N3O3/c1-2-15-9(14)8-12-7(16-13-8)6-10(11)4-3-5-10/h2-6,11H2,1H3. The number of carbonyl (C=O) groups is 1. The van der Waals surface area contributed by atoms with E-state index in [2.05, 4.69) is 10.1 Å². The Morgan fingerprint density at radius 3 is 2.94 bits per heavy atom. The molecule has 0 aliphatic heterocycles. The van der Waals surface area contributed by atoms with Crippen LogP contribution in [-0.2, 0) is 11.2 Å². The molecular weight excluding hydrogens is 210 g/mol. The fourth-order valence-corrected chi connectivity index (χ4v) is 1.71. The van der Waals surface area contributed by atoms with Crippen LogP contribution in [0.25, 0.3) is 0 Å². The number of nitrogens with two attached hydrogens (primary N) is 1. The number of hydrogen-bond donors (Lipinski definition) is 1. The number of esters is 1. The van der Waals surface area contributed by atoms with E-state index in [0.29, 0.717) is 18.9 Å². The van der Waals surface area contributed by atoms with Crippen molar-refractivity contribution in [2.45, 2.75) is 38.1 Å². The van der Waals surface area contributed by atoms with Gasteiger partial charge in [0.05, 0.1) is 6.61 Å². The molecule has 1 heterocycles. The lowest BCUT2D eigenvalue weighted by atomic mass is 9.75. The Bertz CT molecular complexity index is 384. The zero-order chi connectivity index (χ0) is 11.6. The summed E-state index contributed by atoms with van der Waals surface area (Å²) >= 11 is 0. The molecule has 0 aromatic carbocycles. The quantitative estimate of drug-likeness (QED) is 0.757. The second kappa shape index (κ2) is 4.21. The molecule has 16 heavy (non-hydrogen) atoms. The summed E-state index contributed by atoms with van der Waals surface area (Å²) in [6.45, 7) is 2.02. The van der Waals surface area contributed by atoms with Gasteiger partial charge >= 0.3 is 5.97 Å². The van der Waals surface area contributed by atoms with E-state index in [4.69, 9.17) is 15.0 Å². The topological polar surface area (TPSA) is 91.2 Å². The van der Waals surface area contributed by atoms with E-state index in [0.717, 1.165) is 19.3 Å². The Morgan fingerprint density at radius 1 is 1.62 bits per heavy atom. The van der Waals surface area contributed by atoms with Crippen LogP contribution in [-0.4, -0.2) is 28.3 Å². The highest BCUT2D eigenvalue weighted by molar-refractivity contribution is 5.84. The minimum absolute atomic E-state index is 0.0280. The molecule has 0 spiro atoms. The van der Waals surface area contributed by atoms with Crippen LogP contribution in [0.5, 0.6) is 0 Å². The van der Waals surface area contributed by atoms with Gasteiger partial charge in [-0.1, -0.05) is 0 Å². The highest BCUT2D eigenvalue weighted by atomic mass is 16.5. The van der Waals surface area contributed by atoms with Crippen LogP contribution in [0.2, 0.25) is 0 Å². The van der Waals surface area contributed by atoms with Gasteiger partial charge in [0, 0.05) is 12.0 Å². The van der Waals surface area contributed by atoms with E-state index in [1.165, 1.54) is 0 Å². The van der Waals surface area contributed by atoms with Gasteiger partial charge in [-0.15, -0.1) is 0 Å². The van der Waals surface area contributed by atoms with Crippen LogP contribution >= 0.6 is 0 Å². The summed E-state index contributed by atoms with van der Waals surface area (Å²) in [5, 5.41) is 3.56. The smallest absolute Gasteiger partial charge is 0.379 e. The monoisotopic (exact) mass is 225 g/mol. The van der Waals surface area contributed by atoms with Crippen molar-refractivity contribution in [3.8, 4) is 0 Å². The van der Waals surface area contributed by atoms with E-state index in [-0.39, 0.29) is 11.4 Å². The lowest BCUT2D eigenvalue weighted by Gasteiger charge is -2.36. The van der Waals surface area contributed by atoms with Gasteiger partial charge in [0.2, 0.25) is 5.89 Å². The van der Waals surface area contributed by atoms with E-state index < -0.39 is 5.97 Å². The van der Waals surface area contributed by atoms with E-state index in [1.54, 1.807) is 6.92 Å². The van der Waals surface area contributed by atoms with Crippen molar-refractivity contribution in [3.63, 3.8) is 0 Å². The maximum absolute atomic E-state index is 11.3. The Labute approximate surface area is 93.1 Å². The highest BCUT2D eigenvalue weighted by Crippen LogP contribution is 2.31. The zero-order valence-electron chi connectivity index (χ0n) is 9.23. The van der Waals surface area contributed by atoms with Crippen molar-refractivity contribution < 1.29 is 14.1 Å². The first-order valence-corrected chi connectivity index (χ1v) is 5.41. The Morgan fingerprint density at radius 2 is 2.38 bits per heavy atom. The van der Waals surface area contributed by atoms with Crippen molar-refractivity contribution in [2.24, 2.45) is 5.73 Å². The highest BCUT2D eigenvalue weighted by Gasteiger charge is 2.34. The molecule has 1 aliphatic rings. The molecule has 1 aliphatic carbocycles. The van der Waals surface area contributed by atoms with Gasteiger partial charge in [-0.3, -0.25) is 0 Å². The molecule has 0 unspecified atom stereocenters. The third-order valence-electron chi connectivity index (χ3n) is 2.78. The maximum Gasteiger partial charge on any atom is 0.379 e. The van der Waals surface area contributed by atoms with Crippen LogP contribution in [0.4, 0.5) is 0 Å². The second-order valence-corrected chi connectivity index (χ2v) is 4.12. The summed E-state index contributed by atoms with van der Waals surface area (Å²) in [5.41, 5.74) is 5.81. The van der Waals surface area contributed by atoms with Crippen LogP contribution < -0.4 is 5.73 Å². The fraction of sp³-hybridized carbons (Fsp3) is 0.700. The molecule has 0 bridgehead atoms. The molecule has 0 amide bonds. The fourth-order valence-electron chi connectivity index (χ4n) is 1.71. The number of ether oxygens (including phenoxy) is 1. The largest absolute Gasteiger partial charge is 0.460 e. The lowest BCUT2D eigenvalue weighted by Crippen LogP contribution is -2.48. The molecular formula is C10H15N3O3. The molecule has 1 saturated carbocycles. The summed E-state index contributed by atoms with van der Waals surface area (Å²) in [5.74, 6) is -0.179. The lowest BCUT2D eigenvalue weighted by molar-refractivity contribution is 0.0508. The SMILES string of the molecule is CCOC(=O)c1noc(CC2(N)CCC2)n1. The van der Waals surface area contributed by atoms with Gasteiger partial charge in [0.25, 0.3) is 5.82 Å². The average Bonchev–Trinajstić information content (AvgIpc) is 2.64. The predicted octanol–water partition coefficient (Wildman–Crippen LogP) is 0.670. The third-order valence-corrected chi connectivity index (χ3v) is 2.78. The molecule has 6 nitrogen and oxygen atoms in total. The minimum atomic E-state index is -0.558. The first-order valence-electron chi connectivity index (χ1n) is 5.41. The zero-order valence-corrected chi connectivity index (χ0v) is 9.23. The molecule has 2 N–H and O–H groups in total. The van der Waals surface area contributed by atoms with Crippen molar-refractivity contribution in [1.29, 1.82) is 0 Å². The van der Waals surface area contributed by atoms with E-state index >= 15 is 0 Å². The number of carbonyl (C=O) groups excluding carboxylic acids is 1. The van der Waals surface area contributed by atoms with Crippen molar-refractivity contribution in [2.75, 3.05) is 6.61 Å². The Kier molecular flexibility index (Phi) is 2.91. The summed E-state index contributed by atoms with van der Waals surface area (Å²) in [6.07, 6.45) is 3.59. The van der Waals surface area contributed by atoms with Crippen LogP contribution in [0.1, 0.15) is 42.7 Å². The summed E-state index contributed by atoms with van der Waals surface area (Å²) in [6, 6.07) is 0. The Balaban J connectivity index is 1.99. The number of hydrogen-bond acceptors (Lipinski definition) is 6. The van der Waals surface area contributed by atoms with Gasteiger partial charge in [-0.25, -0.2) is 4.79 Å². The molecule has 6 heteroatoms. The molecule has 2 rings (SSSR count).